The molecule has 0 aliphatic heterocycles. The quantitative estimate of drug-likeness (QED) is 0.761. The Morgan fingerprint density at radius 3 is 2.93 bits per heavy atom. The van der Waals surface area contributed by atoms with E-state index in [0.717, 1.165) is 18.5 Å². The Morgan fingerprint density at radius 2 is 2.40 bits per heavy atom. The van der Waals surface area contributed by atoms with E-state index in [1.807, 2.05) is 36.9 Å². The van der Waals surface area contributed by atoms with Crippen molar-refractivity contribution in [3.63, 3.8) is 0 Å². The van der Waals surface area contributed by atoms with E-state index in [1.165, 1.54) is 0 Å². The number of nitrogens with one attached hydrogen (secondary N) is 1. The van der Waals surface area contributed by atoms with Gasteiger partial charge in [-0.15, -0.1) is 0 Å². The molecular formula is C11H19N3O. The van der Waals surface area contributed by atoms with Gasteiger partial charge in [0.15, 0.2) is 0 Å². The van der Waals surface area contributed by atoms with Crippen molar-refractivity contribution in [3.8, 4) is 0 Å². The van der Waals surface area contributed by atoms with Crippen LogP contribution in [-0.2, 0) is 11.3 Å². The van der Waals surface area contributed by atoms with Crippen molar-refractivity contribution in [2.24, 2.45) is 5.73 Å². The highest BCUT2D eigenvalue weighted by Gasteiger charge is 2.04. The van der Waals surface area contributed by atoms with E-state index in [0.29, 0.717) is 6.54 Å². The third kappa shape index (κ3) is 3.75. The number of carbonyl (C=O) groups excluding carboxylic acids is 1. The van der Waals surface area contributed by atoms with Gasteiger partial charge in [-0.3, -0.25) is 4.79 Å². The molecule has 0 spiro atoms. The molecule has 1 amide bonds. The first-order valence-corrected chi connectivity index (χ1v) is 5.31. The summed E-state index contributed by atoms with van der Waals surface area (Å²) < 4.78 is 1.85. The first-order valence-electron chi connectivity index (χ1n) is 5.31. The van der Waals surface area contributed by atoms with Crippen LogP contribution in [-0.4, -0.2) is 17.0 Å². The lowest BCUT2D eigenvalue weighted by Gasteiger charge is -2.04. The molecule has 0 bridgehead atoms. The topological polar surface area (TPSA) is 60.0 Å². The molecule has 15 heavy (non-hydrogen) atoms. The van der Waals surface area contributed by atoms with Crippen molar-refractivity contribution in [2.45, 2.75) is 32.9 Å². The van der Waals surface area contributed by atoms with Gasteiger partial charge in [0.25, 0.3) is 0 Å². The number of carbonyl (C=O) groups is 1. The first-order chi connectivity index (χ1) is 7.13. The molecule has 1 unspecified atom stereocenters. The van der Waals surface area contributed by atoms with Crippen molar-refractivity contribution in [1.29, 1.82) is 0 Å². The van der Waals surface area contributed by atoms with E-state index in [2.05, 4.69) is 5.32 Å². The third-order valence-corrected chi connectivity index (χ3v) is 2.20. The molecular weight excluding hydrogens is 190 g/mol. The number of nitrogens with zero attached hydrogens (tertiary/aromatic N) is 1. The van der Waals surface area contributed by atoms with Crippen molar-refractivity contribution in [3.05, 3.63) is 24.0 Å². The molecule has 0 saturated carbocycles. The Balaban J connectivity index is 2.46. The first kappa shape index (κ1) is 11.8. The van der Waals surface area contributed by atoms with Crippen LogP contribution in [0.5, 0.6) is 0 Å². The summed E-state index contributed by atoms with van der Waals surface area (Å²) in [6.45, 7) is 5.06. The molecule has 1 aromatic rings. The predicted octanol–water partition coefficient (Wildman–Crippen LogP) is 1.03. The lowest BCUT2D eigenvalue weighted by molar-refractivity contribution is -0.121. The Kier molecular flexibility index (Phi) is 4.37. The summed E-state index contributed by atoms with van der Waals surface area (Å²) in [5, 5.41) is 2.83. The van der Waals surface area contributed by atoms with Gasteiger partial charge in [-0.05, 0) is 25.0 Å². The van der Waals surface area contributed by atoms with Gasteiger partial charge in [-0.2, -0.15) is 0 Å². The maximum atomic E-state index is 11.4. The maximum absolute atomic E-state index is 11.4. The molecule has 1 atom stereocenters. The second kappa shape index (κ2) is 5.56. The van der Waals surface area contributed by atoms with Crippen molar-refractivity contribution >= 4 is 5.91 Å². The zero-order valence-corrected chi connectivity index (χ0v) is 9.36. The Morgan fingerprint density at radius 1 is 1.67 bits per heavy atom. The van der Waals surface area contributed by atoms with Crippen molar-refractivity contribution < 1.29 is 4.79 Å². The van der Waals surface area contributed by atoms with Gasteiger partial charge in [-0.25, -0.2) is 0 Å². The average Bonchev–Trinajstić information content (AvgIpc) is 2.63. The van der Waals surface area contributed by atoms with E-state index >= 15 is 0 Å². The normalized spacial score (nSPS) is 12.5. The molecule has 4 heteroatoms. The van der Waals surface area contributed by atoms with Crippen LogP contribution in [0.2, 0.25) is 0 Å². The van der Waals surface area contributed by atoms with Crippen LogP contribution >= 0.6 is 0 Å². The molecule has 0 fully saturated rings. The van der Waals surface area contributed by atoms with Crippen LogP contribution in [0.4, 0.5) is 0 Å². The van der Waals surface area contributed by atoms with Gasteiger partial charge in [0, 0.05) is 25.0 Å². The van der Waals surface area contributed by atoms with E-state index in [-0.39, 0.29) is 11.9 Å². The standard InChI is InChI=1S/C11H19N3O/c1-3-5-13-11(15)8-14-6-4-10(7-14)9(2)12/h4,6-7,9H,3,5,8,12H2,1-2H3,(H,13,15). The molecule has 84 valence electrons. The Hall–Kier alpha value is -1.29. The molecule has 1 aromatic heterocycles. The largest absolute Gasteiger partial charge is 0.355 e. The van der Waals surface area contributed by atoms with E-state index in [1.54, 1.807) is 0 Å². The highest BCUT2D eigenvalue weighted by molar-refractivity contribution is 5.75. The fourth-order valence-electron chi connectivity index (χ4n) is 1.31. The van der Waals surface area contributed by atoms with Crippen LogP contribution in [0.25, 0.3) is 0 Å². The molecule has 4 nitrogen and oxygen atoms in total. The molecule has 0 aliphatic rings. The van der Waals surface area contributed by atoms with Gasteiger partial charge >= 0.3 is 0 Å². The van der Waals surface area contributed by atoms with E-state index in [9.17, 15) is 4.79 Å². The average molecular weight is 209 g/mol. The molecule has 1 heterocycles. The van der Waals surface area contributed by atoms with Gasteiger partial charge in [0.05, 0.1) is 0 Å². The third-order valence-electron chi connectivity index (χ3n) is 2.20. The van der Waals surface area contributed by atoms with Gasteiger partial charge in [0.1, 0.15) is 6.54 Å². The number of rotatable bonds is 5. The second-order valence-corrected chi connectivity index (χ2v) is 3.76. The summed E-state index contributed by atoms with van der Waals surface area (Å²) in [6.07, 6.45) is 4.75. The molecule has 0 aliphatic carbocycles. The fraction of sp³-hybridized carbons (Fsp3) is 0.545. The van der Waals surface area contributed by atoms with Gasteiger partial charge in [0.2, 0.25) is 5.91 Å². The van der Waals surface area contributed by atoms with Crippen LogP contribution < -0.4 is 11.1 Å². The second-order valence-electron chi connectivity index (χ2n) is 3.76. The van der Waals surface area contributed by atoms with Crippen LogP contribution in [0.1, 0.15) is 31.9 Å². The summed E-state index contributed by atoms with van der Waals surface area (Å²) in [7, 11) is 0. The highest BCUT2D eigenvalue weighted by atomic mass is 16.1. The minimum Gasteiger partial charge on any atom is -0.355 e. The molecule has 1 rings (SSSR count). The number of amides is 1. The van der Waals surface area contributed by atoms with Crippen LogP contribution in [0.3, 0.4) is 0 Å². The Labute approximate surface area is 90.5 Å². The summed E-state index contributed by atoms with van der Waals surface area (Å²) in [6, 6.07) is 1.96. The SMILES string of the molecule is CCCNC(=O)Cn1ccc(C(C)N)c1. The van der Waals surface area contributed by atoms with Crippen molar-refractivity contribution in [2.75, 3.05) is 6.54 Å². The maximum Gasteiger partial charge on any atom is 0.239 e. The minimum absolute atomic E-state index is 0.0185. The number of nitrogens with two attached hydrogens (primary N) is 1. The summed E-state index contributed by atoms with van der Waals surface area (Å²) in [5.41, 5.74) is 6.78. The monoisotopic (exact) mass is 209 g/mol. The molecule has 3 N–H and O–H groups in total. The van der Waals surface area contributed by atoms with E-state index in [4.69, 9.17) is 5.73 Å². The number of aromatic nitrogens is 1. The van der Waals surface area contributed by atoms with Crippen LogP contribution in [0, 0.1) is 0 Å². The highest BCUT2D eigenvalue weighted by Crippen LogP contribution is 2.09. The van der Waals surface area contributed by atoms with Crippen molar-refractivity contribution in [1.82, 2.24) is 9.88 Å². The van der Waals surface area contributed by atoms with Gasteiger partial charge in [-0.1, -0.05) is 6.92 Å². The fourth-order valence-corrected chi connectivity index (χ4v) is 1.31. The lowest BCUT2D eigenvalue weighted by Crippen LogP contribution is -2.27. The molecule has 0 saturated heterocycles. The summed E-state index contributed by atoms with van der Waals surface area (Å²) in [4.78, 5) is 11.4. The zero-order chi connectivity index (χ0) is 11.3. The van der Waals surface area contributed by atoms with E-state index < -0.39 is 0 Å². The summed E-state index contributed by atoms with van der Waals surface area (Å²) >= 11 is 0. The molecule has 0 aromatic carbocycles. The Bertz CT molecular complexity index is 317. The van der Waals surface area contributed by atoms with Crippen LogP contribution in [0.15, 0.2) is 18.5 Å². The number of hydrogen-bond donors (Lipinski definition) is 2. The molecule has 0 radical (unpaired) electrons. The predicted molar refractivity (Wildman–Crippen MR) is 60.3 cm³/mol. The zero-order valence-electron chi connectivity index (χ0n) is 9.36. The smallest absolute Gasteiger partial charge is 0.239 e. The number of hydrogen-bond acceptors (Lipinski definition) is 2. The van der Waals surface area contributed by atoms with Gasteiger partial charge < -0.3 is 15.6 Å². The summed E-state index contributed by atoms with van der Waals surface area (Å²) in [5.74, 6) is 0.0451. The lowest BCUT2D eigenvalue weighted by atomic mass is 10.2. The minimum atomic E-state index is 0.0185.